The van der Waals surface area contributed by atoms with Crippen LogP contribution in [0, 0.1) is 0 Å². The predicted molar refractivity (Wildman–Crippen MR) is 82.7 cm³/mol. The molecule has 1 aromatic rings. The van der Waals surface area contributed by atoms with Crippen LogP contribution in [0.2, 0.25) is 0 Å². The highest BCUT2D eigenvalue weighted by Crippen LogP contribution is 2.24. The van der Waals surface area contributed by atoms with E-state index >= 15 is 0 Å². The molecule has 3 atom stereocenters. The fourth-order valence-electron chi connectivity index (χ4n) is 2.06. The lowest BCUT2D eigenvalue weighted by atomic mass is 10.1. The Hall–Kier alpha value is -1.14. The number of hydrogen-bond donors (Lipinski definition) is 2. The maximum Gasteiger partial charge on any atom is 0.123 e. The average molecular weight is 297 g/mol. The highest BCUT2D eigenvalue weighted by Gasteiger charge is 2.13. The molecule has 0 aliphatic heterocycles. The van der Waals surface area contributed by atoms with Gasteiger partial charge in [0.1, 0.15) is 5.75 Å². The molecule has 120 valence electrons. The molecule has 0 radical (unpaired) electrons. The van der Waals surface area contributed by atoms with Gasteiger partial charge in [-0.2, -0.15) is 0 Å². The van der Waals surface area contributed by atoms with Crippen molar-refractivity contribution in [2.24, 2.45) is 0 Å². The number of ether oxygens (including phenoxy) is 3. The zero-order chi connectivity index (χ0) is 15.7. The third kappa shape index (κ3) is 6.44. The van der Waals surface area contributed by atoms with Gasteiger partial charge in [-0.1, -0.05) is 18.2 Å². The molecule has 0 heterocycles. The van der Waals surface area contributed by atoms with Crippen molar-refractivity contribution in [2.75, 3.05) is 34.0 Å². The highest BCUT2D eigenvalue weighted by molar-refractivity contribution is 5.35. The summed E-state index contributed by atoms with van der Waals surface area (Å²) in [5, 5.41) is 13.2. The molecule has 5 nitrogen and oxygen atoms in total. The van der Waals surface area contributed by atoms with Crippen LogP contribution in [0.3, 0.4) is 0 Å². The smallest absolute Gasteiger partial charge is 0.123 e. The van der Waals surface area contributed by atoms with Crippen LogP contribution in [0.25, 0.3) is 0 Å². The number of nitrogens with one attached hydrogen (secondary N) is 1. The standard InChI is InChI=1S/C16H27NO4/c1-12(10-19-3)21-11-14(18)9-17-13(2)15-7-5-6-8-16(15)20-4/h5-8,12-14,17-18H,9-11H2,1-4H3/t12?,13-,14?/m0/s1. The summed E-state index contributed by atoms with van der Waals surface area (Å²) in [4.78, 5) is 0. The zero-order valence-corrected chi connectivity index (χ0v) is 13.3. The molecule has 1 rings (SSSR count). The third-order valence-corrected chi connectivity index (χ3v) is 3.24. The fourth-order valence-corrected chi connectivity index (χ4v) is 2.06. The van der Waals surface area contributed by atoms with E-state index in [4.69, 9.17) is 14.2 Å². The molecule has 0 aliphatic rings. The highest BCUT2D eigenvalue weighted by atomic mass is 16.5. The van der Waals surface area contributed by atoms with Crippen molar-refractivity contribution < 1.29 is 19.3 Å². The van der Waals surface area contributed by atoms with Crippen LogP contribution < -0.4 is 10.1 Å². The predicted octanol–water partition coefficient (Wildman–Crippen LogP) is 1.76. The minimum atomic E-state index is -0.554. The van der Waals surface area contributed by atoms with Gasteiger partial charge < -0.3 is 24.6 Å². The summed E-state index contributed by atoms with van der Waals surface area (Å²) < 4.78 is 15.8. The molecule has 21 heavy (non-hydrogen) atoms. The molecular formula is C16H27NO4. The minimum Gasteiger partial charge on any atom is -0.496 e. The van der Waals surface area contributed by atoms with Crippen molar-refractivity contribution in [3.8, 4) is 5.75 Å². The normalized spacial score (nSPS) is 15.5. The Morgan fingerprint density at radius 1 is 1.14 bits per heavy atom. The Bertz CT molecular complexity index is 400. The number of para-hydroxylation sites is 1. The van der Waals surface area contributed by atoms with Gasteiger partial charge in [0.15, 0.2) is 0 Å². The number of rotatable bonds is 10. The Labute approximate surface area is 127 Å². The van der Waals surface area contributed by atoms with Crippen LogP contribution >= 0.6 is 0 Å². The van der Waals surface area contributed by atoms with Gasteiger partial charge in [0, 0.05) is 25.3 Å². The van der Waals surface area contributed by atoms with E-state index < -0.39 is 6.10 Å². The number of hydrogen-bond acceptors (Lipinski definition) is 5. The van der Waals surface area contributed by atoms with E-state index in [-0.39, 0.29) is 18.8 Å². The molecule has 0 aliphatic carbocycles. The molecular weight excluding hydrogens is 270 g/mol. The summed E-state index contributed by atoms with van der Waals surface area (Å²) in [5.74, 6) is 0.844. The lowest BCUT2D eigenvalue weighted by molar-refractivity contribution is -0.0315. The minimum absolute atomic E-state index is 0.0173. The first-order valence-electron chi connectivity index (χ1n) is 7.23. The zero-order valence-electron chi connectivity index (χ0n) is 13.3. The van der Waals surface area contributed by atoms with Crippen LogP contribution in [-0.2, 0) is 9.47 Å². The van der Waals surface area contributed by atoms with Crippen LogP contribution in [-0.4, -0.2) is 51.3 Å². The quantitative estimate of drug-likeness (QED) is 0.689. The molecule has 5 heteroatoms. The average Bonchev–Trinajstić information content (AvgIpc) is 2.50. The van der Waals surface area contributed by atoms with Crippen molar-refractivity contribution in [1.82, 2.24) is 5.32 Å². The van der Waals surface area contributed by atoms with E-state index in [9.17, 15) is 5.11 Å². The maximum atomic E-state index is 9.93. The lowest BCUT2D eigenvalue weighted by Crippen LogP contribution is -2.33. The van der Waals surface area contributed by atoms with Gasteiger partial charge in [0.2, 0.25) is 0 Å². The Balaban J connectivity index is 2.36. The first-order valence-corrected chi connectivity index (χ1v) is 7.23. The van der Waals surface area contributed by atoms with E-state index in [2.05, 4.69) is 5.32 Å². The summed E-state index contributed by atoms with van der Waals surface area (Å²) in [7, 11) is 3.29. The second-order valence-electron chi connectivity index (χ2n) is 5.13. The SMILES string of the molecule is COCC(C)OCC(O)CN[C@@H](C)c1ccccc1OC. The molecule has 0 saturated heterocycles. The number of benzene rings is 1. The van der Waals surface area contributed by atoms with Gasteiger partial charge in [-0.05, 0) is 19.9 Å². The van der Waals surface area contributed by atoms with Crippen LogP contribution in [0.4, 0.5) is 0 Å². The van der Waals surface area contributed by atoms with E-state index in [1.807, 2.05) is 38.1 Å². The van der Waals surface area contributed by atoms with E-state index in [0.29, 0.717) is 13.2 Å². The molecule has 0 spiro atoms. The van der Waals surface area contributed by atoms with Crippen molar-refractivity contribution in [3.63, 3.8) is 0 Å². The van der Waals surface area contributed by atoms with Gasteiger partial charge in [0.25, 0.3) is 0 Å². The summed E-state index contributed by atoms with van der Waals surface area (Å²) in [5.41, 5.74) is 1.07. The van der Waals surface area contributed by atoms with Crippen molar-refractivity contribution in [3.05, 3.63) is 29.8 Å². The van der Waals surface area contributed by atoms with Gasteiger partial charge in [0.05, 0.1) is 32.5 Å². The molecule has 0 saturated carbocycles. The fraction of sp³-hybridized carbons (Fsp3) is 0.625. The van der Waals surface area contributed by atoms with Crippen molar-refractivity contribution in [2.45, 2.75) is 32.1 Å². The largest absolute Gasteiger partial charge is 0.496 e. The molecule has 1 aromatic carbocycles. The number of aliphatic hydroxyl groups is 1. The van der Waals surface area contributed by atoms with Gasteiger partial charge in [-0.25, -0.2) is 0 Å². The van der Waals surface area contributed by atoms with Crippen molar-refractivity contribution >= 4 is 0 Å². The first-order chi connectivity index (χ1) is 10.1. The second-order valence-corrected chi connectivity index (χ2v) is 5.13. The number of aliphatic hydroxyl groups excluding tert-OH is 1. The van der Waals surface area contributed by atoms with Crippen molar-refractivity contribution in [1.29, 1.82) is 0 Å². The lowest BCUT2D eigenvalue weighted by Gasteiger charge is -2.20. The Kier molecular flexibility index (Phi) is 8.30. The summed E-state index contributed by atoms with van der Waals surface area (Å²) in [6, 6.07) is 7.95. The Morgan fingerprint density at radius 3 is 2.52 bits per heavy atom. The Morgan fingerprint density at radius 2 is 1.86 bits per heavy atom. The summed E-state index contributed by atoms with van der Waals surface area (Å²) in [6.45, 7) is 5.23. The molecule has 0 fully saturated rings. The number of methoxy groups -OCH3 is 2. The maximum absolute atomic E-state index is 9.93. The summed E-state index contributed by atoms with van der Waals surface area (Å²) in [6.07, 6.45) is -0.572. The van der Waals surface area contributed by atoms with E-state index in [0.717, 1.165) is 11.3 Å². The molecule has 0 bridgehead atoms. The molecule has 0 aromatic heterocycles. The summed E-state index contributed by atoms with van der Waals surface area (Å²) >= 11 is 0. The van der Waals surface area contributed by atoms with Gasteiger partial charge in [-0.3, -0.25) is 0 Å². The third-order valence-electron chi connectivity index (χ3n) is 3.24. The van der Waals surface area contributed by atoms with Crippen LogP contribution in [0.5, 0.6) is 5.75 Å². The molecule has 2 N–H and O–H groups in total. The van der Waals surface area contributed by atoms with E-state index in [1.165, 1.54) is 0 Å². The van der Waals surface area contributed by atoms with Gasteiger partial charge >= 0.3 is 0 Å². The molecule has 2 unspecified atom stereocenters. The van der Waals surface area contributed by atoms with E-state index in [1.54, 1.807) is 14.2 Å². The second kappa shape index (κ2) is 9.73. The van der Waals surface area contributed by atoms with Crippen LogP contribution in [0.15, 0.2) is 24.3 Å². The first kappa shape index (κ1) is 17.9. The van der Waals surface area contributed by atoms with Crippen LogP contribution in [0.1, 0.15) is 25.5 Å². The van der Waals surface area contributed by atoms with Gasteiger partial charge in [-0.15, -0.1) is 0 Å². The topological polar surface area (TPSA) is 60.0 Å². The monoisotopic (exact) mass is 297 g/mol. The molecule has 0 amide bonds.